The molecule has 1 heterocycles. The van der Waals surface area contributed by atoms with E-state index < -0.39 is 48.3 Å². The van der Waals surface area contributed by atoms with Gasteiger partial charge in [0.15, 0.2) is 0 Å². The molecule has 1 aromatic heterocycles. The molecular weight excluding hydrogens is 617 g/mol. The van der Waals surface area contributed by atoms with Crippen molar-refractivity contribution in [3.8, 4) is 55.6 Å². The van der Waals surface area contributed by atoms with Crippen LogP contribution in [0, 0.1) is 0 Å². The lowest BCUT2D eigenvalue weighted by Gasteiger charge is -2.19. The van der Waals surface area contributed by atoms with Crippen LogP contribution in [0.4, 0.5) is 0 Å². The van der Waals surface area contributed by atoms with E-state index >= 15 is 0 Å². The van der Waals surface area contributed by atoms with Crippen LogP contribution >= 0.6 is 0 Å². The Morgan fingerprint density at radius 2 is 0.980 bits per heavy atom. The summed E-state index contributed by atoms with van der Waals surface area (Å²) in [5.74, 6) is 0. The maximum atomic E-state index is 10.0. The fourth-order valence-corrected chi connectivity index (χ4v) is 7.19. The molecule has 0 amide bonds. The lowest BCUT2D eigenvalue weighted by molar-refractivity contribution is 0.669. The topological polar surface area (TPSA) is 13.1 Å². The van der Waals surface area contributed by atoms with Crippen LogP contribution < -0.4 is 0 Å². The molecule has 0 aliphatic rings. The Balaban J connectivity index is 1.29. The van der Waals surface area contributed by atoms with Gasteiger partial charge in [-0.25, -0.2) is 0 Å². The highest BCUT2D eigenvalue weighted by molar-refractivity contribution is 6.25. The van der Waals surface area contributed by atoms with Crippen molar-refractivity contribution in [3.05, 3.63) is 194 Å². The van der Waals surface area contributed by atoms with Gasteiger partial charge in [-0.2, -0.15) is 0 Å². The molecule has 9 aromatic carbocycles. The average Bonchev–Trinajstić information content (AvgIpc) is 3.69. The van der Waals surface area contributed by atoms with Crippen molar-refractivity contribution < 1.29 is 22.2 Å². The zero-order valence-corrected chi connectivity index (χ0v) is 26.9. The third-order valence-corrected chi connectivity index (χ3v) is 9.36. The van der Waals surface area contributed by atoms with E-state index in [2.05, 4.69) is 0 Å². The molecular formula is C50H32O. The molecule has 0 saturated heterocycles. The molecule has 10 rings (SSSR count). The van der Waals surface area contributed by atoms with Gasteiger partial charge in [0.1, 0.15) is 11.2 Å². The van der Waals surface area contributed by atoms with Gasteiger partial charge >= 0.3 is 0 Å². The summed E-state index contributed by atoms with van der Waals surface area (Å²) in [5.41, 5.74) is 3.87. The number of hydrogen-bond donors (Lipinski definition) is 0. The normalized spacial score (nSPS) is 15.1. The van der Waals surface area contributed by atoms with E-state index in [1.54, 1.807) is 42.5 Å². The Labute approximate surface area is 315 Å². The maximum Gasteiger partial charge on any atom is 0.136 e. The number of benzene rings is 9. The van der Waals surface area contributed by atoms with Crippen molar-refractivity contribution in [1.29, 1.82) is 0 Å². The summed E-state index contributed by atoms with van der Waals surface area (Å²) in [5, 5.41) is 4.26. The summed E-state index contributed by atoms with van der Waals surface area (Å²) >= 11 is 0. The average molecular weight is 662 g/mol. The Bertz CT molecular complexity index is 3540. The number of hydrogen-bond acceptors (Lipinski definition) is 1. The quantitative estimate of drug-likeness (QED) is 0.167. The molecule has 0 unspecified atom stereocenters. The molecule has 0 fully saturated rings. The van der Waals surface area contributed by atoms with Crippen LogP contribution in [-0.2, 0) is 0 Å². The van der Waals surface area contributed by atoms with Crippen molar-refractivity contribution in [2.75, 3.05) is 0 Å². The van der Waals surface area contributed by atoms with Gasteiger partial charge in [-0.15, -0.1) is 0 Å². The van der Waals surface area contributed by atoms with Crippen LogP contribution in [0.25, 0.3) is 99.1 Å². The first-order valence-electron chi connectivity index (χ1n) is 23.0. The second-order valence-corrected chi connectivity index (χ2v) is 12.2. The van der Waals surface area contributed by atoms with Crippen molar-refractivity contribution >= 4 is 43.5 Å². The van der Waals surface area contributed by atoms with E-state index in [0.29, 0.717) is 38.6 Å². The summed E-state index contributed by atoms with van der Waals surface area (Å²) in [4.78, 5) is 0. The van der Waals surface area contributed by atoms with Crippen molar-refractivity contribution in [1.82, 2.24) is 0 Å². The van der Waals surface area contributed by atoms with E-state index in [-0.39, 0.29) is 58.0 Å². The molecule has 0 radical (unpaired) electrons. The molecule has 10 aromatic rings. The van der Waals surface area contributed by atoms with Gasteiger partial charge in [0, 0.05) is 10.8 Å². The summed E-state index contributed by atoms with van der Waals surface area (Å²) in [6.45, 7) is 0. The van der Waals surface area contributed by atoms with E-state index in [4.69, 9.17) is 18.1 Å². The second kappa shape index (κ2) is 12.0. The predicted molar refractivity (Wildman–Crippen MR) is 216 cm³/mol. The van der Waals surface area contributed by atoms with E-state index in [9.17, 15) is 4.11 Å². The minimum atomic E-state index is -0.586. The Morgan fingerprint density at radius 3 is 1.67 bits per heavy atom. The molecule has 0 N–H and O–H groups in total. The van der Waals surface area contributed by atoms with Gasteiger partial charge in [-0.3, -0.25) is 0 Å². The van der Waals surface area contributed by atoms with Crippen LogP contribution in [0.15, 0.2) is 198 Å². The van der Waals surface area contributed by atoms with Gasteiger partial charge in [-0.05, 0) is 101 Å². The molecule has 1 nitrogen and oxygen atoms in total. The fourth-order valence-electron chi connectivity index (χ4n) is 7.19. The maximum absolute atomic E-state index is 10.0. The minimum absolute atomic E-state index is 0.0472. The molecule has 1 heteroatoms. The number of rotatable bonds is 5. The second-order valence-electron chi connectivity index (χ2n) is 12.2. The van der Waals surface area contributed by atoms with Gasteiger partial charge in [0.25, 0.3) is 0 Å². The minimum Gasteiger partial charge on any atom is -0.456 e. The highest BCUT2D eigenvalue weighted by atomic mass is 16.3. The SMILES string of the molecule is [2H]c1c([2H])c([2H])c(-c2ccc3c(c2)oc2cccc(-c4c5ccccc5c(-c5c([2H])c([2H])c(-c6ccccc6)c(-c6c([2H])c([2H])c([2H])c([2H])c6[2H])c5[2H])c5ccccc45)c23)c([2H])c1[2H]. The van der Waals surface area contributed by atoms with Gasteiger partial charge in [0.05, 0.1) is 17.8 Å². The summed E-state index contributed by atoms with van der Waals surface area (Å²) in [7, 11) is 0. The van der Waals surface area contributed by atoms with Crippen LogP contribution in [0.2, 0.25) is 0 Å². The first kappa shape index (κ1) is 18.9. The highest BCUT2D eigenvalue weighted by Gasteiger charge is 2.21. The summed E-state index contributed by atoms with van der Waals surface area (Å²) in [6.07, 6.45) is 0. The van der Waals surface area contributed by atoms with Crippen LogP contribution in [0.3, 0.4) is 0 Å². The largest absolute Gasteiger partial charge is 0.456 e. The first-order valence-corrected chi connectivity index (χ1v) is 16.5. The molecule has 0 saturated carbocycles. The Hall–Kier alpha value is -6.70. The highest BCUT2D eigenvalue weighted by Crippen LogP contribution is 2.48. The lowest BCUT2D eigenvalue weighted by Crippen LogP contribution is -1.93. The van der Waals surface area contributed by atoms with Crippen molar-refractivity contribution in [2.24, 2.45) is 0 Å². The van der Waals surface area contributed by atoms with Crippen molar-refractivity contribution in [3.63, 3.8) is 0 Å². The van der Waals surface area contributed by atoms with E-state index in [1.165, 1.54) is 0 Å². The van der Waals surface area contributed by atoms with E-state index in [0.717, 1.165) is 32.7 Å². The molecule has 51 heavy (non-hydrogen) atoms. The molecule has 0 bridgehead atoms. The van der Waals surface area contributed by atoms with E-state index in [1.807, 2.05) is 72.8 Å². The lowest BCUT2D eigenvalue weighted by atomic mass is 9.83. The van der Waals surface area contributed by atoms with Crippen LogP contribution in [0.1, 0.15) is 17.8 Å². The van der Waals surface area contributed by atoms with Crippen LogP contribution in [-0.4, -0.2) is 0 Å². The Kier molecular flexibility index (Phi) is 4.45. The Morgan fingerprint density at radius 1 is 0.353 bits per heavy atom. The van der Waals surface area contributed by atoms with Gasteiger partial charge in [0.2, 0.25) is 0 Å². The molecule has 238 valence electrons. The fraction of sp³-hybridized carbons (Fsp3) is 0. The zero-order valence-electron chi connectivity index (χ0n) is 39.9. The molecule has 0 spiro atoms. The standard InChI is InChI=1S/C50H32O/c1-4-15-33(16-5-1)36-27-30-43-47(32-36)51-46-26-14-25-44(50(43)46)49-41-23-12-10-21-39(41)48(40-22-11-13-24-42(40)49)37-28-29-38(34-17-6-2-7-18-34)45(31-37)35-19-8-3-9-20-35/h1-32H/i1D,3D,4D,5D,8D,9D,15D,16D,19D,20D,28D,29D,31D. The van der Waals surface area contributed by atoms with Gasteiger partial charge < -0.3 is 4.42 Å². The monoisotopic (exact) mass is 661 g/mol. The van der Waals surface area contributed by atoms with Crippen molar-refractivity contribution in [2.45, 2.75) is 0 Å². The number of furan rings is 1. The molecule has 0 aliphatic carbocycles. The van der Waals surface area contributed by atoms with Gasteiger partial charge in [-0.1, -0.05) is 170 Å². The molecule has 0 atom stereocenters. The predicted octanol–water partition coefficient (Wildman–Crippen LogP) is 14.2. The van der Waals surface area contributed by atoms with Crippen LogP contribution in [0.5, 0.6) is 0 Å². The smallest absolute Gasteiger partial charge is 0.136 e. The molecule has 0 aliphatic heterocycles. The first-order chi connectivity index (χ1) is 30.7. The summed E-state index contributed by atoms with van der Waals surface area (Å²) < 4.78 is 121. The zero-order chi connectivity index (χ0) is 45.0. The third-order valence-electron chi connectivity index (χ3n) is 9.36. The number of fused-ring (bicyclic) bond motifs is 5. The third kappa shape index (κ3) is 4.86. The summed E-state index contributed by atoms with van der Waals surface area (Å²) in [6, 6.07) is 29.2.